The number of hydrogen-bond donors (Lipinski definition) is 1. The van der Waals surface area contributed by atoms with Crippen LogP contribution in [0.25, 0.3) is 0 Å². The van der Waals surface area contributed by atoms with Crippen LogP contribution in [-0.2, 0) is 13.5 Å². The van der Waals surface area contributed by atoms with Gasteiger partial charge in [-0.25, -0.2) is 4.98 Å². The first-order valence-corrected chi connectivity index (χ1v) is 5.94. The lowest BCUT2D eigenvalue weighted by molar-refractivity contribution is 0.636. The second-order valence-corrected chi connectivity index (χ2v) is 4.52. The van der Waals surface area contributed by atoms with Gasteiger partial charge >= 0.3 is 0 Å². The fraction of sp³-hybridized carbons (Fsp3) is 0.364. The molecular formula is C11H15N3S. The Morgan fingerprint density at radius 1 is 1.60 bits per heavy atom. The number of nitrogens with zero attached hydrogens (tertiary/aromatic N) is 2. The predicted molar refractivity (Wildman–Crippen MR) is 62.8 cm³/mol. The Labute approximate surface area is 93.6 Å². The normalized spacial score (nSPS) is 12.9. The summed E-state index contributed by atoms with van der Waals surface area (Å²) in [6, 6.07) is 2.20. The minimum atomic E-state index is 0.0473. The van der Waals surface area contributed by atoms with Gasteiger partial charge in [0, 0.05) is 19.3 Å². The summed E-state index contributed by atoms with van der Waals surface area (Å²) in [4.78, 5) is 4.26. The summed E-state index contributed by atoms with van der Waals surface area (Å²) in [7, 11) is 1.96. The van der Waals surface area contributed by atoms with Crippen molar-refractivity contribution in [3.05, 3.63) is 40.6 Å². The minimum Gasteiger partial charge on any atom is -0.340 e. The Morgan fingerprint density at radius 3 is 3.07 bits per heavy atom. The van der Waals surface area contributed by atoms with E-state index in [2.05, 4.69) is 21.8 Å². The van der Waals surface area contributed by atoms with Crippen molar-refractivity contribution in [3.8, 4) is 0 Å². The van der Waals surface area contributed by atoms with E-state index in [0.717, 1.165) is 18.5 Å². The van der Waals surface area contributed by atoms with Crippen LogP contribution >= 0.6 is 11.3 Å². The van der Waals surface area contributed by atoms with Gasteiger partial charge in [0.1, 0.15) is 0 Å². The Bertz CT molecular complexity index is 405. The zero-order valence-electron chi connectivity index (χ0n) is 8.76. The van der Waals surface area contributed by atoms with Crippen LogP contribution in [0.1, 0.15) is 23.7 Å². The minimum absolute atomic E-state index is 0.0473. The van der Waals surface area contributed by atoms with Gasteiger partial charge in [0.2, 0.25) is 0 Å². The van der Waals surface area contributed by atoms with Crippen molar-refractivity contribution < 1.29 is 0 Å². The van der Waals surface area contributed by atoms with E-state index in [0.29, 0.717) is 0 Å². The van der Waals surface area contributed by atoms with E-state index in [1.54, 1.807) is 17.7 Å². The first kappa shape index (κ1) is 10.4. The van der Waals surface area contributed by atoms with E-state index in [-0.39, 0.29) is 6.04 Å². The lowest BCUT2D eigenvalue weighted by atomic mass is 10.1. The van der Waals surface area contributed by atoms with Crippen molar-refractivity contribution in [2.24, 2.45) is 12.8 Å². The van der Waals surface area contributed by atoms with Crippen molar-refractivity contribution >= 4 is 11.3 Å². The summed E-state index contributed by atoms with van der Waals surface area (Å²) in [6.45, 7) is 0. The maximum atomic E-state index is 6.05. The van der Waals surface area contributed by atoms with Gasteiger partial charge in [-0.2, -0.15) is 11.3 Å². The Balaban J connectivity index is 1.90. The molecule has 2 N–H and O–H groups in total. The largest absolute Gasteiger partial charge is 0.340 e. The SMILES string of the molecule is Cn1cnc(C(N)CCc2ccsc2)c1. The second-order valence-electron chi connectivity index (χ2n) is 3.74. The number of nitrogens with two attached hydrogens (primary N) is 1. The van der Waals surface area contributed by atoms with Gasteiger partial charge in [-0.15, -0.1) is 0 Å². The zero-order valence-corrected chi connectivity index (χ0v) is 9.57. The molecule has 0 aromatic carbocycles. The van der Waals surface area contributed by atoms with Crippen LogP contribution in [0.3, 0.4) is 0 Å². The van der Waals surface area contributed by atoms with Crippen LogP contribution < -0.4 is 5.73 Å². The van der Waals surface area contributed by atoms with Crippen LogP contribution in [0.5, 0.6) is 0 Å². The molecule has 4 heteroatoms. The van der Waals surface area contributed by atoms with E-state index < -0.39 is 0 Å². The lowest BCUT2D eigenvalue weighted by Gasteiger charge is -2.07. The fourth-order valence-corrected chi connectivity index (χ4v) is 2.23. The number of rotatable bonds is 4. The molecule has 0 spiro atoms. The highest BCUT2D eigenvalue weighted by Gasteiger charge is 2.08. The smallest absolute Gasteiger partial charge is 0.0947 e. The molecule has 0 aliphatic rings. The fourth-order valence-electron chi connectivity index (χ4n) is 1.53. The highest BCUT2D eigenvalue weighted by atomic mass is 32.1. The van der Waals surface area contributed by atoms with Gasteiger partial charge in [0.15, 0.2) is 0 Å². The summed E-state index contributed by atoms with van der Waals surface area (Å²) in [5.74, 6) is 0. The number of aryl methyl sites for hydroxylation is 2. The van der Waals surface area contributed by atoms with E-state index in [4.69, 9.17) is 5.73 Å². The van der Waals surface area contributed by atoms with Gasteiger partial charge in [-0.05, 0) is 35.2 Å². The third-order valence-electron chi connectivity index (χ3n) is 2.43. The Hall–Kier alpha value is -1.13. The number of hydrogen-bond acceptors (Lipinski definition) is 3. The molecule has 2 aromatic rings. The maximum absolute atomic E-state index is 6.05. The predicted octanol–water partition coefficient (Wildman–Crippen LogP) is 2.11. The van der Waals surface area contributed by atoms with Gasteiger partial charge in [0.05, 0.1) is 12.0 Å². The standard InChI is InChI=1S/C11H15N3S/c1-14-6-11(13-8-14)10(12)3-2-9-4-5-15-7-9/h4-8,10H,2-3,12H2,1H3. The average molecular weight is 221 g/mol. The monoisotopic (exact) mass is 221 g/mol. The number of aromatic nitrogens is 2. The molecule has 0 fully saturated rings. The average Bonchev–Trinajstić information content (AvgIpc) is 2.84. The van der Waals surface area contributed by atoms with E-state index in [1.807, 2.05) is 17.8 Å². The first-order valence-electron chi connectivity index (χ1n) is 5.00. The van der Waals surface area contributed by atoms with Gasteiger partial charge in [0.25, 0.3) is 0 Å². The molecule has 0 saturated heterocycles. The van der Waals surface area contributed by atoms with Crippen LogP contribution in [-0.4, -0.2) is 9.55 Å². The van der Waals surface area contributed by atoms with E-state index in [9.17, 15) is 0 Å². The summed E-state index contributed by atoms with van der Waals surface area (Å²) in [6.07, 6.45) is 5.76. The summed E-state index contributed by atoms with van der Waals surface area (Å²) in [5.41, 5.74) is 8.40. The molecular weight excluding hydrogens is 206 g/mol. The van der Waals surface area contributed by atoms with Gasteiger partial charge in [-0.1, -0.05) is 0 Å². The Morgan fingerprint density at radius 2 is 2.47 bits per heavy atom. The molecule has 0 radical (unpaired) electrons. The van der Waals surface area contributed by atoms with Crippen molar-refractivity contribution in [1.29, 1.82) is 0 Å². The quantitative estimate of drug-likeness (QED) is 0.859. The molecule has 2 heterocycles. The third-order valence-corrected chi connectivity index (χ3v) is 3.16. The number of imidazole rings is 1. The van der Waals surface area contributed by atoms with Crippen molar-refractivity contribution in [3.63, 3.8) is 0 Å². The molecule has 2 aromatic heterocycles. The van der Waals surface area contributed by atoms with Crippen LogP contribution in [0.4, 0.5) is 0 Å². The third kappa shape index (κ3) is 2.67. The number of thiophene rings is 1. The van der Waals surface area contributed by atoms with Crippen molar-refractivity contribution in [2.45, 2.75) is 18.9 Å². The molecule has 80 valence electrons. The Kier molecular flexibility index (Phi) is 3.18. The molecule has 1 unspecified atom stereocenters. The first-order chi connectivity index (χ1) is 7.25. The lowest BCUT2D eigenvalue weighted by Crippen LogP contribution is -2.11. The van der Waals surface area contributed by atoms with Crippen LogP contribution in [0.2, 0.25) is 0 Å². The highest BCUT2D eigenvalue weighted by molar-refractivity contribution is 7.07. The molecule has 15 heavy (non-hydrogen) atoms. The summed E-state index contributed by atoms with van der Waals surface area (Å²) >= 11 is 1.73. The molecule has 0 bridgehead atoms. The molecule has 3 nitrogen and oxygen atoms in total. The molecule has 1 atom stereocenters. The van der Waals surface area contributed by atoms with Crippen molar-refractivity contribution in [2.75, 3.05) is 0 Å². The van der Waals surface area contributed by atoms with E-state index in [1.165, 1.54) is 5.56 Å². The zero-order chi connectivity index (χ0) is 10.7. The maximum Gasteiger partial charge on any atom is 0.0947 e. The van der Waals surface area contributed by atoms with E-state index >= 15 is 0 Å². The molecule has 0 aliphatic heterocycles. The molecule has 0 saturated carbocycles. The van der Waals surface area contributed by atoms with Crippen LogP contribution in [0.15, 0.2) is 29.4 Å². The van der Waals surface area contributed by atoms with Gasteiger partial charge < -0.3 is 10.3 Å². The van der Waals surface area contributed by atoms with Crippen LogP contribution in [0, 0.1) is 0 Å². The summed E-state index contributed by atoms with van der Waals surface area (Å²) < 4.78 is 1.93. The molecule has 2 rings (SSSR count). The topological polar surface area (TPSA) is 43.8 Å². The second kappa shape index (κ2) is 4.59. The molecule has 0 amide bonds. The highest BCUT2D eigenvalue weighted by Crippen LogP contribution is 2.16. The van der Waals surface area contributed by atoms with Crippen molar-refractivity contribution in [1.82, 2.24) is 9.55 Å². The molecule has 0 aliphatic carbocycles. The van der Waals surface area contributed by atoms with Gasteiger partial charge in [-0.3, -0.25) is 0 Å². The summed E-state index contributed by atoms with van der Waals surface area (Å²) in [5, 5.41) is 4.27.